The van der Waals surface area contributed by atoms with E-state index in [1.807, 2.05) is 29.2 Å². The Balaban J connectivity index is 0.00000272. The topological polar surface area (TPSA) is 40.5 Å². The summed E-state index contributed by atoms with van der Waals surface area (Å²) < 4.78 is 0. The van der Waals surface area contributed by atoms with Crippen LogP contribution in [0.3, 0.4) is 0 Å². The third kappa shape index (κ3) is 6.44. The van der Waals surface area contributed by atoms with Gasteiger partial charge >= 0.3 is 0 Å². The zero-order valence-electron chi connectivity index (χ0n) is 18.2. The zero-order chi connectivity index (χ0) is 20.9. The van der Waals surface area contributed by atoms with Gasteiger partial charge in [-0.3, -0.25) is 9.69 Å². The minimum Gasteiger partial charge on any atom is -0.388 e. The predicted octanol–water partition coefficient (Wildman–Crippen LogP) is 5.71. The Morgan fingerprint density at radius 3 is 2.48 bits per heavy atom. The number of hydrogen-bond acceptors (Lipinski definition) is 3. The molecule has 2 fully saturated rings. The summed E-state index contributed by atoms with van der Waals surface area (Å²) >= 11 is 1.71. The van der Waals surface area contributed by atoms with E-state index in [1.165, 1.54) is 43.2 Å². The molecule has 4 rings (SSSR count). The Morgan fingerprint density at radius 2 is 1.77 bits per heavy atom. The Bertz CT molecular complexity index is 851. The molecule has 1 amide bonds. The number of rotatable bonds is 7. The molecule has 2 aliphatic rings. The predicted molar refractivity (Wildman–Crippen MR) is 126 cm³/mol. The Morgan fingerprint density at radius 1 is 1.06 bits per heavy atom. The maximum absolute atomic E-state index is 12.6. The van der Waals surface area contributed by atoms with Crippen LogP contribution >= 0.6 is 11.8 Å². The second-order valence-corrected chi connectivity index (χ2v) is 9.82. The minimum atomic E-state index is -0.410. The molecule has 2 atom stereocenters. The van der Waals surface area contributed by atoms with Crippen molar-refractivity contribution in [2.75, 3.05) is 10.7 Å². The second kappa shape index (κ2) is 12.0. The van der Waals surface area contributed by atoms with Gasteiger partial charge < -0.3 is 12.0 Å². The van der Waals surface area contributed by atoms with Crippen LogP contribution in [-0.4, -0.2) is 22.1 Å². The van der Waals surface area contributed by atoms with Gasteiger partial charge in [0.05, 0.1) is 17.2 Å². The first-order chi connectivity index (χ1) is 14.6. The molecule has 163 valence electrons. The number of hydrogen-bond donors (Lipinski definition) is 1. The van der Waals surface area contributed by atoms with Crippen LogP contribution in [0.15, 0.2) is 48.5 Å². The Kier molecular flexibility index (Phi) is 9.64. The first-order valence-corrected chi connectivity index (χ1v) is 12.3. The molecule has 1 saturated heterocycles. The SMILES string of the molecule is [CH2-]Cc1cccc(CC2SCC(=O)N2c2ccc(C(O)CC3CCCCC3)cc2)c1.[Y]. The molecule has 1 N–H and O–H groups in total. The molecule has 31 heavy (non-hydrogen) atoms. The molecule has 3 nitrogen and oxygen atoms in total. The van der Waals surface area contributed by atoms with Crippen LogP contribution in [0, 0.1) is 12.8 Å². The molecular formula is C26H32NO2SY-. The number of nitrogens with zero attached hydrogens (tertiary/aromatic N) is 1. The van der Waals surface area contributed by atoms with Crippen molar-refractivity contribution in [1.29, 1.82) is 0 Å². The van der Waals surface area contributed by atoms with E-state index in [4.69, 9.17) is 0 Å². The summed E-state index contributed by atoms with van der Waals surface area (Å²) in [5.41, 5.74) is 4.36. The largest absolute Gasteiger partial charge is 0.388 e. The number of carbonyl (C=O) groups excluding carboxylic acids is 1. The van der Waals surface area contributed by atoms with Gasteiger partial charge in [0.1, 0.15) is 0 Å². The summed E-state index contributed by atoms with van der Waals surface area (Å²) in [4.78, 5) is 14.6. The molecule has 0 spiro atoms. The summed E-state index contributed by atoms with van der Waals surface area (Å²) in [6, 6.07) is 16.5. The van der Waals surface area contributed by atoms with Crippen LogP contribution in [0.4, 0.5) is 5.69 Å². The summed E-state index contributed by atoms with van der Waals surface area (Å²) in [5, 5.41) is 10.8. The molecule has 5 heteroatoms. The van der Waals surface area contributed by atoms with Gasteiger partial charge in [-0.25, -0.2) is 0 Å². The van der Waals surface area contributed by atoms with Crippen molar-refractivity contribution in [3.8, 4) is 0 Å². The fourth-order valence-corrected chi connectivity index (χ4v) is 5.95. The zero-order valence-corrected chi connectivity index (χ0v) is 21.9. The maximum Gasteiger partial charge on any atom is 0.238 e. The fraction of sp³-hybridized carbons (Fsp3) is 0.462. The van der Waals surface area contributed by atoms with Crippen LogP contribution in [0.2, 0.25) is 0 Å². The van der Waals surface area contributed by atoms with Gasteiger partial charge in [-0.15, -0.1) is 11.8 Å². The molecule has 0 bridgehead atoms. The van der Waals surface area contributed by atoms with Crippen molar-refractivity contribution < 1.29 is 42.6 Å². The molecule has 2 aromatic carbocycles. The average Bonchev–Trinajstić information content (AvgIpc) is 3.14. The molecular weight excluding hydrogens is 479 g/mol. The van der Waals surface area contributed by atoms with E-state index in [1.54, 1.807) is 11.8 Å². The molecule has 1 saturated carbocycles. The van der Waals surface area contributed by atoms with Crippen molar-refractivity contribution in [3.05, 3.63) is 72.1 Å². The van der Waals surface area contributed by atoms with E-state index < -0.39 is 6.10 Å². The number of benzene rings is 2. The quantitative estimate of drug-likeness (QED) is 0.484. The summed E-state index contributed by atoms with van der Waals surface area (Å²) in [6.07, 6.45) is 8.46. The normalized spacial score (nSPS) is 20.5. The average molecular weight is 512 g/mol. The summed E-state index contributed by atoms with van der Waals surface area (Å²) in [7, 11) is 0. The number of thioether (sulfide) groups is 1. The van der Waals surface area contributed by atoms with Gasteiger partial charge in [0.15, 0.2) is 0 Å². The summed E-state index contributed by atoms with van der Waals surface area (Å²) in [5.74, 6) is 1.32. The standard InChI is InChI=1S/C26H32NO2S.Y/c1-2-19-9-6-10-21(15-19)17-26-27(25(29)18-30-26)23-13-11-22(12-14-23)24(28)16-20-7-4-3-5-8-20;/h6,9-15,20,24,26,28H,1-5,7-8,16-18H2;/q-1;. The fourth-order valence-electron chi connectivity index (χ4n) is 4.78. The third-order valence-corrected chi connectivity index (χ3v) is 7.66. The first-order valence-electron chi connectivity index (χ1n) is 11.2. The van der Waals surface area contributed by atoms with Crippen LogP contribution in [0.1, 0.15) is 61.3 Å². The van der Waals surface area contributed by atoms with Gasteiger partial charge in [0.2, 0.25) is 5.91 Å². The number of aliphatic hydroxyl groups is 1. The van der Waals surface area contributed by atoms with E-state index in [-0.39, 0.29) is 44.0 Å². The van der Waals surface area contributed by atoms with Crippen molar-refractivity contribution in [3.63, 3.8) is 0 Å². The van der Waals surface area contributed by atoms with Gasteiger partial charge in [-0.1, -0.05) is 74.1 Å². The van der Waals surface area contributed by atoms with E-state index in [0.29, 0.717) is 11.7 Å². The molecule has 1 heterocycles. The van der Waals surface area contributed by atoms with Gasteiger partial charge in [0.25, 0.3) is 0 Å². The second-order valence-electron chi connectivity index (χ2n) is 8.65. The van der Waals surface area contributed by atoms with Crippen LogP contribution < -0.4 is 4.90 Å². The van der Waals surface area contributed by atoms with E-state index in [9.17, 15) is 9.90 Å². The van der Waals surface area contributed by atoms with Gasteiger partial charge in [-0.2, -0.15) is 6.42 Å². The third-order valence-electron chi connectivity index (χ3n) is 6.48. The van der Waals surface area contributed by atoms with Gasteiger partial charge in [0, 0.05) is 44.8 Å². The monoisotopic (exact) mass is 511 g/mol. The summed E-state index contributed by atoms with van der Waals surface area (Å²) in [6.45, 7) is 3.97. The molecule has 1 radical (unpaired) electrons. The van der Waals surface area contributed by atoms with Crippen molar-refractivity contribution in [2.45, 2.75) is 62.8 Å². The molecule has 2 aromatic rings. The molecule has 2 unspecified atom stereocenters. The van der Waals surface area contributed by atoms with Crippen molar-refractivity contribution in [1.82, 2.24) is 0 Å². The molecule has 0 aromatic heterocycles. The number of aliphatic hydroxyl groups excluding tert-OH is 1. The van der Waals surface area contributed by atoms with Crippen LogP contribution in [0.25, 0.3) is 0 Å². The Hall–Kier alpha value is -0.676. The van der Waals surface area contributed by atoms with E-state index >= 15 is 0 Å². The van der Waals surface area contributed by atoms with Crippen LogP contribution in [-0.2, 0) is 50.3 Å². The molecule has 1 aliphatic heterocycles. The number of amides is 1. The first kappa shape index (κ1) is 25.0. The Labute approximate surface area is 216 Å². The van der Waals surface area contributed by atoms with E-state index in [2.05, 4.69) is 31.2 Å². The number of anilines is 1. The number of carbonyl (C=O) groups is 1. The van der Waals surface area contributed by atoms with Crippen molar-refractivity contribution in [2.24, 2.45) is 5.92 Å². The van der Waals surface area contributed by atoms with E-state index in [0.717, 1.165) is 30.5 Å². The smallest absolute Gasteiger partial charge is 0.238 e. The maximum atomic E-state index is 12.6. The molecule has 1 aliphatic carbocycles. The van der Waals surface area contributed by atoms with Crippen LogP contribution in [0.5, 0.6) is 0 Å². The van der Waals surface area contributed by atoms with Crippen molar-refractivity contribution >= 4 is 23.4 Å². The minimum absolute atomic E-state index is 0. The van der Waals surface area contributed by atoms with Gasteiger partial charge in [-0.05, 0) is 35.6 Å².